The molecule has 7 nitrogen and oxygen atoms in total. The molecule has 0 radical (unpaired) electrons. The zero-order valence-electron chi connectivity index (χ0n) is 17.6. The summed E-state index contributed by atoms with van der Waals surface area (Å²) < 4.78 is 5.09. The van der Waals surface area contributed by atoms with E-state index in [1.807, 2.05) is 6.07 Å². The summed E-state index contributed by atoms with van der Waals surface area (Å²) in [7, 11) is 0. The first-order valence-corrected chi connectivity index (χ1v) is 10.5. The van der Waals surface area contributed by atoms with Gasteiger partial charge in [0.05, 0.1) is 12.8 Å². The lowest BCUT2D eigenvalue weighted by Crippen LogP contribution is -2.52. The van der Waals surface area contributed by atoms with E-state index in [4.69, 9.17) is 4.42 Å². The molecule has 30 heavy (non-hydrogen) atoms. The molecule has 0 saturated carbocycles. The topological polar surface area (TPSA) is 73.1 Å². The predicted octanol–water partition coefficient (Wildman–Crippen LogP) is 2.31. The van der Waals surface area contributed by atoms with Crippen LogP contribution < -0.4 is 10.6 Å². The minimum Gasteiger partial charge on any atom is -0.459 e. The summed E-state index contributed by atoms with van der Waals surface area (Å²) in [5.41, 5.74) is 1.23. The van der Waals surface area contributed by atoms with Crippen molar-refractivity contribution < 1.29 is 9.21 Å². The third-order valence-electron chi connectivity index (χ3n) is 4.88. The van der Waals surface area contributed by atoms with Crippen LogP contribution in [0.25, 0.3) is 6.08 Å². The first-order valence-electron chi connectivity index (χ1n) is 10.5. The van der Waals surface area contributed by atoms with Crippen molar-refractivity contribution in [2.24, 2.45) is 4.99 Å². The Hall–Kier alpha value is -3.06. The number of furan rings is 1. The second-order valence-corrected chi connectivity index (χ2v) is 7.07. The Morgan fingerprint density at radius 1 is 1.10 bits per heavy atom. The number of aliphatic imine (C=N–C) groups is 1. The van der Waals surface area contributed by atoms with Crippen LogP contribution in [-0.4, -0.2) is 74.0 Å². The van der Waals surface area contributed by atoms with Gasteiger partial charge in [0.25, 0.3) is 5.91 Å². The maximum Gasteiger partial charge on any atom is 0.287 e. The van der Waals surface area contributed by atoms with E-state index in [2.05, 4.69) is 68.8 Å². The molecule has 0 atom stereocenters. The minimum atomic E-state index is -0.211. The zero-order chi connectivity index (χ0) is 21.0. The maximum absolute atomic E-state index is 11.9. The first-order chi connectivity index (χ1) is 14.8. The van der Waals surface area contributed by atoms with Gasteiger partial charge in [0.15, 0.2) is 11.7 Å². The third-order valence-corrected chi connectivity index (χ3v) is 4.88. The molecule has 2 heterocycles. The van der Waals surface area contributed by atoms with Crippen molar-refractivity contribution in [2.45, 2.75) is 6.92 Å². The number of benzene rings is 1. The van der Waals surface area contributed by atoms with Crippen LogP contribution in [0.5, 0.6) is 0 Å². The van der Waals surface area contributed by atoms with Crippen molar-refractivity contribution in [1.29, 1.82) is 0 Å². The summed E-state index contributed by atoms with van der Waals surface area (Å²) in [6, 6.07) is 13.7. The number of piperazine rings is 1. The normalized spacial score (nSPS) is 15.5. The number of nitrogens with zero attached hydrogens (tertiary/aromatic N) is 3. The Balaban J connectivity index is 1.41. The van der Waals surface area contributed by atoms with Gasteiger partial charge in [-0.15, -0.1) is 0 Å². The third kappa shape index (κ3) is 6.77. The highest BCUT2D eigenvalue weighted by atomic mass is 16.3. The Morgan fingerprint density at radius 3 is 2.60 bits per heavy atom. The van der Waals surface area contributed by atoms with E-state index in [9.17, 15) is 4.79 Å². The van der Waals surface area contributed by atoms with Gasteiger partial charge < -0.3 is 20.0 Å². The Bertz CT molecular complexity index is 809. The number of hydrogen-bond acceptors (Lipinski definition) is 4. The molecule has 0 bridgehead atoms. The van der Waals surface area contributed by atoms with E-state index in [-0.39, 0.29) is 5.91 Å². The molecule has 7 heteroatoms. The van der Waals surface area contributed by atoms with Crippen molar-refractivity contribution in [3.8, 4) is 0 Å². The average molecular weight is 410 g/mol. The Kier molecular flexibility index (Phi) is 8.53. The van der Waals surface area contributed by atoms with Gasteiger partial charge in [0.1, 0.15) is 0 Å². The van der Waals surface area contributed by atoms with E-state index in [1.165, 1.54) is 11.8 Å². The van der Waals surface area contributed by atoms with Gasteiger partial charge in [-0.05, 0) is 24.6 Å². The molecular formula is C23H31N5O2. The lowest BCUT2D eigenvalue weighted by atomic mass is 10.2. The Labute approximate surface area is 178 Å². The van der Waals surface area contributed by atoms with E-state index in [0.717, 1.165) is 45.2 Å². The van der Waals surface area contributed by atoms with Crippen LogP contribution in [0, 0.1) is 0 Å². The largest absolute Gasteiger partial charge is 0.459 e. The number of carbonyl (C=O) groups is 1. The summed E-state index contributed by atoms with van der Waals surface area (Å²) in [5.74, 6) is 1.02. The maximum atomic E-state index is 11.9. The summed E-state index contributed by atoms with van der Waals surface area (Å²) in [4.78, 5) is 21.3. The molecule has 1 aromatic heterocycles. The van der Waals surface area contributed by atoms with Crippen LogP contribution >= 0.6 is 0 Å². The van der Waals surface area contributed by atoms with E-state index in [1.54, 1.807) is 12.1 Å². The smallest absolute Gasteiger partial charge is 0.287 e. The van der Waals surface area contributed by atoms with Gasteiger partial charge in [-0.25, -0.2) is 0 Å². The molecule has 1 fully saturated rings. The summed E-state index contributed by atoms with van der Waals surface area (Å²) in [5, 5.41) is 6.19. The molecule has 1 amide bonds. The molecule has 3 rings (SSSR count). The van der Waals surface area contributed by atoms with Gasteiger partial charge in [-0.1, -0.05) is 42.5 Å². The minimum absolute atomic E-state index is 0.211. The number of carbonyl (C=O) groups excluding carboxylic acids is 1. The second-order valence-electron chi connectivity index (χ2n) is 7.07. The summed E-state index contributed by atoms with van der Waals surface area (Å²) >= 11 is 0. The number of guanidine groups is 1. The van der Waals surface area contributed by atoms with Crippen LogP contribution in [0.2, 0.25) is 0 Å². The van der Waals surface area contributed by atoms with Gasteiger partial charge >= 0.3 is 0 Å². The van der Waals surface area contributed by atoms with Crippen LogP contribution in [0.3, 0.4) is 0 Å². The molecule has 0 unspecified atom stereocenters. The lowest BCUT2D eigenvalue weighted by Gasteiger charge is -2.36. The number of nitrogens with one attached hydrogen (secondary N) is 2. The molecule has 0 spiro atoms. The summed E-state index contributed by atoms with van der Waals surface area (Å²) in [6.45, 7) is 8.70. The van der Waals surface area contributed by atoms with E-state index >= 15 is 0 Å². The fraction of sp³-hybridized carbons (Fsp3) is 0.391. The zero-order valence-corrected chi connectivity index (χ0v) is 17.6. The standard InChI is InChI=1S/C23H31N5O2/c1-2-24-23(26-13-12-25-22(29)21-11-7-19-30-21)28-17-15-27(16-18-28)14-6-10-20-8-4-3-5-9-20/h3-11,19H,2,12-18H2,1H3,(H,24,26)(H,25,29)/b10-6+. The summed E-state index contributed by atoms with van der Waals surface area (Å²) in [6.07, 6.45) is 5.90. The molecule has 2 aromatic rings. The molecule has 160 valence electrons. The van der Waals surface area contributed by atoms with Crippen LogP contribution in [0.4, 0.5) is 0 Å². The molecule has 1 saturated heterocycles. The molecule has 1 aromatic carbocycles. The Morgan fingerprint density at radius 2 is 1.90 bits per heavy atom. The molecule has 1 aliphatic rings. The van der Waals surface area contributed by atoms with Gasteiger partial charge in [-0.3, -0.25) is 14.7 Å². The average Bonchev–Trinajstić information content (AvgIpc) is 3.32. The lowest BCUT2D eigenvalue weighted by molar-refractivity contribution is 0.0927. The number of hydrogen-bond donors (Lipinski definition) is 2. The molecule has 0 aliphatic carbocycles. The van der Waals surface area contributed by atoms with Crippen molar-refractivity contribution in [3.05, 3.63) is 66.1 Å². The van der Waals surface area contributed by atoms with Crippen LogP contribution in [-0.2, 0) is 0 Å². The van der Waals surface area contributed by atoms with Gasteiger partial charge in [-0.2, -0.15) is 0 Å². The van der Waals surface area contributed by atoms with Gasteiger partial charge in [0.2, 0.25) is 0 Å². The SMILES string of the molecule is CCNC(=NCCNC(=O)c1ccco1)N1CCN(C/C=C/c2ccccc2)CC1. The molecular weight excluding hydrogens is 378 g/mol. The van der Waals surface area contributed by atoms with Crippen molar-refractivity contribution in [3.63, 3.8) is 0 Å². The quantitative estimate of drug-likeness (QED) is 0.398. The number of amides is 1. The fourth-order valence-corrected chi connectivity index (χ4v) is 3.30. The predicted molar refractivity (Wildman–Crippen MR) is 121 cm³/mol. The molecule has 1 aliphatic heterocycles. The van der Waals surface area contributed by atoms with Crippen LogP contribution in [0.1, 0.15) is 23.0 Å². The van der Waals surface area contributed by atoms with E-state index in [0.29, 0.717) is 18.8 Å². The molecule has 2 N–H and O–H groups in total. The second kappa shape index (κ2) is 11.8. The van der Waals surface area contributed by atoms with Gasteiger partial charge in [0, 0.05) is 45.8 Å². The monoisotopic (exact) mass is 409 g/mol. The highest BCUT2D eigenvalue weighted by Gasteiger charge is 2.18. The highest BCUT2D eigenvalue weighted by molar-refractivity contribution is 5.91. The highest BCUT2D eigenvalue weighted by Crippen LogP contribution is 2.05. The van der Waals surface area contributed by atoms with Crippen molar-refractivity contribution in [2.75, 3.05) is 52.4 Å². The van der Waals surface area contributed by atoms with Crippen molar-refractivity contribution in [1.82, 2.24) is 20.4 Å². The number of rotatable bonds is 8. The van der Waals surface area contributed by atoms with E-state index < -0.39 is 0 Å². The van der Waals surface area contributed by atoms with Crippen molar-refractivity contribution >= 4 is 17.9 Å². The van der Waals surface area contributed by atoms with Crippen LogP contribution in [0.15, 0.2) is 64.2 Å². The first kappa shape index (κ1) is 21.6. The fourth-order valence-electron chi connectivity index (χ4n) is 3.30.